The highest BCUT2D eigenvalue weighted by atomic mass is 35.5. The minimum Gasteiger partial charge on any atom is -0.494 e. The molecule has 2 aromatic carbocycles. The quantitative estimate of drug-likeness (QED) is 0.762. The minimum atomic E-state index is -0.558. The first-order valence-electron chi connectivity index (χ1n) is 7.94. The van der Waals surface area contributed by atoms with E-state index in [4.69, 9.17) is 21.1 Å². The van der Waals surface area contributed by atoms with E-state index in [2.05, 4.69) is 5.32 Å². The predicted molar refractivity (Wildman–Crippen MR) is 95.9 cm³/mol. The Bertz CT molecular complexity index is 713. The summed E-state index contributed by atoms with van der Waals surface area (Å²) in [4.78, 5) is 23.9. The van der Waals surface area contributed by atoms with Crippen LogP contribution in [-0.4, -0.2) is 25.1 Å². The van der Waals surface area contributed by atoms with E-state index in [1.54, 1.807) is 36.4 Å². The summed E-state index contributed by atoms with van der Waals surface area (Å²) in [5.41, 5.74) is 1.28. The van der Waals surface area contributed by atoms with Gasteiger partial charge >= 0.3 is 5.97 Å². The number of carbonyl (C=O) groups excluding carboxylic acids is 2. The van der Waals surface area contributed by atoms with Crippen LogP contribution in [0, 0.1) is 0 Å². The molecule has 1 N–H and O–H groups in total. The van der Waals surface area contributed by atoms with Crippen molar-refractivity contribution in [2.45, 2.75) is 19.9 Å². The standard InChI is InChI=1S/C19H20ClNO4/c1-3-24-17-10-6-15(7-11-17)19(23)25-12-18(22)21-13(2)14-4-8-16(20)9-5-14/h4-11,13H,3,12H2,1-2H3,(H,21,22)/t13-/m1/s1. The van der Waals surface area contributed by atoms with E-state index in [0.717, 1.165) is 5.56 Å². The molecule has 2 rings (SSSR count). The Morgan fingerprint density at radius 1 is 1.08 bits per heavy atom. The van der Waals surface area contributed by atoms with Crippen LogP contribution in [0.15, 0.2) is 48.5 Å². The number of halogens is 1. The molecule has 1 amide bonds. The lowest BCUT2D eigenvalue weighted by Gasteiger charge is -2.14. The van der Waals surface area contributed by atoms with Crippen LogP contribution in [0.5, 0.6) is 5.75 Å². The molecule has 0 radical (unpaired) electrons. The smallest absolute Gasteiger partial charge is 0.338 e. The van der Waals surface area contributed by atoms with Gasteiger partial charge in [0.1, 0.15) is 5.75 Å². The highest BCUT2D eigenvalue weighted by Crippen LogP contribution is 2.16. The molecule has 0 fully saturated rings. The molecule has 2 aromatic rings. The first-order valence-corrected chi connectivity index (χ1v) is 8.32. The number of nitrogens with one attached hydrogen (secondary N) is 1. The second-order valence-corrected chi connectivity index (χ2v) is 5.81. The Morgan fingerprint density at radius 3 is 2.32 bits per heavy atom. The summed E-state index contributed by atoms with van der Waals surface area (Å²) < 4.78 is 10.3. The van der Waals surface area contributed by atoms with Crippen LogP contribution >= 0.6 is 11.6 Å². The number of rotatable bonds is 7. The highest BCUT2D eigenvalue weighted by Gasteiger charge is 2.13. The van der Waals surface area contributed by atoms with Gasteiger partial charge in [-0.25, -0.2) is 4.79 Å². The summed E-state index contributed by atoms with van der Waals surface area (Å²) in [5.74, 6) is -0.257. The van der Waals surface area contributed by atoms with Gasteiger partial charge in [-0.15, -0.1) is 0 Å². The third kappa shape index (κ3) is 5.80. The van der Waals surface area contributed by atoms with Crippen LogP contribution in [0.3, 0.4) is 0 Å². The zero-order valence-corrected chi connectivity index (χ0v) is 14.9. The molecular weight excluding hydrogens is 342 g/mol. The molecule has 0 bridgehead atoms. The second-order valence-electron chi connectivity index (χ2n) is 5.37. The van der Waals surface area contributed by atoms with Crippen LogP contribution < -0.4 is 10.1 Å². The normalized spacial score (nSPS) is 11.5. The lowest BCUT2D eigenvalue weighted by molar-refractivity contribution is -0.124. The first-order chi connectivity index (χ1) is 12.0. The maximum Gasteiger partial charge on any atom is 0.338 e. The minimum absolute atomic E-state index is 0.214. The number of hydrogen-bond donors (Lipinski definition) is 1. The lowest BCUT2D eigenvalue weighted by Crippen LogP contribution is -2.31. The van der Waals surface area contributed by atoms with Crippen LogP contribution in [0.1, 0.15) is 35.8 Å². The molecule has 0 aliphatic rings. The fraction of sp³-hybridized carbons (Fsp3) is 0.263. The van der Waals surface area contributed by atoms with E-state index >= 15 is 0 Å². The lowest BCUT2D eigenvalue weighted by atomic mass is 10.1. The number of esters is 1. The molecule has 0 aliphatic heterocycles. The SMILES string of the molecule is CCOc1ccc(C(=O)OCC(=O)N[C@H](C)c2ccc(Cl)cc2)cc1. The van der Waals surface area contributed by atoms with E-state index in [1.807, 2.05) is 26.0 Å². The summed E-state index contributed by atoms with van der Waals surface area (Å²) in [6, 6.07) is 13.5. The van der Waals surface area contributed by atoms with Crippen molar-refractivity contribution in [1.29, 1.82) is 0 Å². The monoisotopic (exact) mass is 361 g/mol. The third-order valence-electron chi connectivity index (χ3n) is 3.48. The van der Waals surface area contributed by atoms with E-state index in [1.165, 1.54) is 0 Å². The van der Waals surface area contributed by atoms with Gasteiger partial charge in [0.05, 0.1) is 18.2 Å². The second kappa shape index (κ2) is 9.08. The molecule has 0 heterocycles. The van der Waals surface area contributed by atoms with Crippen LogP contribution in [0.4, 0.5) is 0 Å². The van der Waals surface area contributed by atoms with Gasteiger partial charge in [0.25, 0.3) is 5.91 Å². The van der Waals surface area contributed by atoms with Crippen LogP contribution in [0.25, 0.3) is 0 Å². The number of amides is 1. The van der Waals surface area contributed by atoms with Gasteiger partial charge in [0.15, 0.2) is 6.61 Å². The number of hydrogen-bond acceptors (Lipinski definition) is 4. The van der Waals surface area contributed by atoms with Gasteiger partial charge in [-0.05, 0) is 55.8 Å². The molecule has 0 saturated heterocycles. The molecule has 0 spiro atoms. The van der Waals surface area contributed by atoms with Gasteiger partial charge < -0.3 is 14.8 Å². The maximum absolute atomic E-state index is 12.0. The summed E-state index contributed by atoms with van der Waals surface area (Å²) in [6.07, 6.45) is 0. The molecule has 6 heteroatoms. The van der Waals surface area contributed by atoms with Crippen molar-refractivity contribution in [3.05, 3.63) is 64.7 Å². The topological polar surface area (TPSA) is 64.6 Å². The van der Waals surface area contributed by atoms with E-state index in [0.29, 0.717) is 22.9 Å². The van der Waals surface area contributed by atoms with Crippen LogP contribution in [-0.2, 0) is 9.53 Å². The van der Waals surface area contributed by atoms with Crippen molar-refractivity contribution in [1.82, 2.24) is 5.32 Å². The Balaban J connectivity index is 1.82. The average Bonchev–Trinajstić information content (AvgIpc) is 2.61. The van der Waals surface area contributed by atoms with Crippen molar-refractivity contribution in [3.63, 3.8) is 0 Å². The fourth-order valence-electron chi connectivity index (χ4n) is 2.19. The van der Waals surface area contributed by atoms with E-state index in [9.17, 15) is 9.59 Å². The van der Waals surface area contributed by atoms with Crippen LogP contribution in [0.2, 0.25) is 5.02 Å². The van der Waals surface area contributed by atoms with Crippen molar-refractivity contribution >= 4 is 23.5 Å². The molecule has 25 heavy (non-hydrogen) atoms. The van der Waals surface area contributed by atoms with Gasteiger partial charge in [0, 0.05) is 5.02 Å². The Morgan fingerprint density at radius 2 is 1.72 bits per heavy atom. The fourth-order valence-corrected chi connectivity index (χ4v) is 2.31. The zero-order valence-electron chi connectivity index (χ0n) is 14.1. The highest BCUT2D eigenvalue weighted by molar-refractivity contribution is 6.30. The number of carbonyl (C=O) groups is 2. The maximum atomic E-state index is 12.0. The number of ether oxygens (including phenoxy) is 2. The Hall–Kier alpha value is -2.53. The van der Waals surface area contributed by atoms with E-state index in [-0.39, 0.29) is 18.6 Å². The average molecular weight is 362 g/mol. The number of benzene rings is 2. The largest absolute Gasteiger partial charge is 0.494 e. The summed E-state index contributed by atoms with van der Waals surface area (Å²) in [6.45, 7) is 3.93. The van der Waals surface area contributed by atoms with Crippen molar-refractivity contribution in [2.75, 3.05) is 13.2 Å². The molecule has 0 unspecified atom stereocenters. The molecular formula is C19H20ClNO4. The van der Waals surface area contributed by atoms with Gasteiger partial charge in [-0.3, -0.25) is 4.79 Å². The molecule has 0 aliphatic carbocycles. The van der Waals surface area contributed by atoms with Gasteiger partial charge in [0.2, 0.25) is 0 Å². The molecule has 132 valence electrons. The Labute approximate surface area is 151 Å². The predicted octanol–water partition coefficient (Wildman–Crippen LogP) is 3.77. The van der Waals surface area contributed by atoms with Gasteiger partial charge in [-0.2, -0.15) is 0 Å². The summed E-state index contributed by atoms with van der Waals surface area (Å²) in [7, 11) is 0. The molecule has 5 nitrogen and oxygen atoms in total. The van der Waals surface area contributed by atoms with Crippen molar-refractivity contribution in [3.8, 4) is 5.75 Å². The first kappa shape index (κ1) is 18.8. The summed E-state index contributed by atoms with van der Waals surface area (Å²) in [5, 5.41) is 3.40. The zero-order chi connectivity index (χ0) is 18.2. The van der Waals surface area contributed by atoms with Crippen molar-refractivity contribution in [2.24, 2.45) is 0 Å². The van der Waals surface area contributed by atoms with Crippen molar-refractivity contribution < 1.29 is 19.1 Å². The molecule has 1 atom stereocenters. The summed E-state index contributed by atoms with van der Waals surface area (Å²) >= 11 is 5.84. The Kier molecular flexibility index (Phi) is 6.83. The van der Waals surface area contributed by atoms with E-state index < -0.39 is 5.97 Å². The van der Waals surface area contributed by atoms with Gasteiger partial charge in [-0.1, -0.05) is 23.7 Å². The molecule has 0 aromatic heterocycles. The molecule has 0 saturated carbocycles. The third-order valence-corrected chi connectivity index (χ3v) is 3.73.